The van der Waals surface area contributed by atoms with E-state index in [1.165, 1.54) is 18.6 Å². The first-order valence-electron chi connectivity index (χ1n) is 6.86. The standard InChI is InChI=1S/C15H21Cl2NS/c1-3-14(12-6-5-11(16)9-13(12)17)18-10-15(2)7-4-8-19-15/h5-6,9,14,18H,3-4,7-8,10H2,1-2H3. The average molecular weight is 318 g/mol. The molecule has 1 aromatic rings. The van der Waals surface area contributed by atoms with Gasteiger partial charge in [-0.3, -0.25) is 0 Å². The minimum Gasteiger partial charge on any atom is -0.309 e. The van der Waals surface area contributed by atoms with Crippen LogP contribution in [0, 0.1) is 0 Å². The molecule has 0 saturated carbocycles. The lowest BCUT2D eigenvalue weighted by atomic mass is 10.0. The molecule has 0 bridgehead atoms. The summed E-state index contributed by atoms with van der Waals surface area (Å²) in [6, 6.07) is 6.09. The molecule has 1 N–H and O–H groups in total. The van der Waals surface area contributed by atoms with Crippen molar-refractivity contribution in [2.75, 3.05) is 12.3 Å². The summed E-state index contributed by atoms with van der Waals surface area (Å²) in [6.45, 7) is 5.58. The smallest absolute Gasteiger partial charge is 0.0468 e. The van der Waals surface area contributed by atoms with Crippen LogP contribution in [0.15, 0.2) is 18.2 Å². The van der Waals surface area contributed by atoms with Crippen LogP contribution in [0.5, 0.6) is 0 Å². The molecule has 0 spiro atoms. The Kier molecular flexibility index (Phi) is 5.47. The molecule has 1 aromatic carbocycles. The Labute approximate surface area is 130 Å². The van der Waals surface area contributed by atoms with E-state index in [-0.39, 0.29) is 0 Å². The molecular formula is C15H21Cl2NS. The van der Waals surface area contributed by atoms with Crippen LogP contribution in [0.4, 0.5) is 0 Å². The van der Waals surface area contributed by atoms with Crippen molar-refractivity contribution in [3.05, 3.63) is 33.8 Å². The number of benzene rings is 1. The van der Waals surface area contributed by atoms with Crippen LogP contribution in [0.3, 0.4) is 0 Å². The molecule has 1 heterocycles. The maximum Gasteiger partial charge on any atom is 0.0468 e. The van der Waals surface area contributed by atoms with E-state index in [1.807, 2.05) is 18.2 Å². The first-order valence-corrected chi connectivity index (χ1v) is 8.60. The number of rotatable bonds is 5. The third-order valence-corrected chi connectivity index (χ3v) is 5.87. The second kappa shape index (κ2) is 6.71. The molecule has 0 aromatic heterocycles. The lowest BCUT2D eigenvalue weighted by molar-refractivity contribution is 0.462. The van der Waals surface area contributed by atoms with Crippen molar-refractivity contribution in [1.82, 2.24) is 5.32 Å². The van der Waals surface area contributed by atoms with E-state index in [9.17, 15) is 0 Å². The summed E-state index contributed by atoms with van der Waals surface area (Å²) < 4.78 is 0.381. The van der Waals surface area contributed by atoms with Gasteiger partial charge in [-0.05, 0) is 49.6 Å². The Morgan fingerprint density at radius 1 is 1.42 bits per heavy atom. The van der Waals surface area contributed by atoms with Gasteiger partial charge in [0.25, 0.3) is 0 Å². The van der Waals surface area contributed by atoms with Crippen LogP contribution >= 0.6 is 35.0 Å². The molecule has 1 saturated heterocycles. The predicted molar refractivity (Wildman–Crippen MR) is 87.6 cm³/mol. The normalized spacial score (nSPS) is 24.6. The quantitative estimate of drug-likeness (QED) is 0.788. The molecular weight excluding hydrogens is 297 g/mol. The van der Waals surface area contributed by atoms with Gasteiger partial charge in [-0.2, -0.15) is 11.8 Å². The molecule has 1 nitrogen and oxygen atoms in total. The molecule has 2 rings (SSSR count). The van der Waals surface area contributed by atoms with E-state index in [0.29, 0.717) is 15.8 Å². The van der Waals surface area contributed by atoms with Gasteiger partial charge in [-0.15, -0.1) is 0 Å². The molecule has 106 valence electrons. The molecule has 4 heteroatoms. The Bertz CT molecular complexity index is 430. The molecule has 0 amide bonds. The lowest BCUT2D eigenvalue weighted by Crippen LogP contribution is -2.35. The van der Waals surface area contributed by atoms with Gasteiger partial charge in [-0.25, -0.2) is 0 Å². The van der Waals surface area contributed by atoms with E-state index >= 15 is 0 Å². The van der Waals surface area contributed by atoms with Crippen molar-refractivity contribution in [2.24, 2.45) is 0 Å². The molecule has 2 unspecified atom stereocenters. The van der Waals surface area contributed by atoms with Crippen LogP contribution in [-0.4, -0.2) is 17.0 Å². The molecule has 2 atom stereocenters. The molecule has 1 fully saturated rings. The highest BCUT2D eigenvalue weighted by Gasteiger charge is 2.30. The first-order chi connectivity index (χ1) is 9.04. The fraction of sp³-hybridized carbons (Fsp3) is 0.600. The van der Waals surface area contributed by atoms with Crippen molar-refractivity contribution in [3.63, 3.8) is 0 Å². The maximum atomic E-state index is 6.30. The van der Waals surface area contributed by atoms with E-state index in [4.69, 9.17) is 23.2 Å². The Balaban J connectivity index is 2.03. The summed E-state index contributed by atoms with van der Waals surface area (Å²) in [7, 11) is 0. The van der Waals surface area contributed by atoms with Crippen LogP contribution < -0.4 is 5.32 Å². The lowest BCUT2D eigenvalue weighted by Gasteiger charge is -2.27. The molecule has 1 aliphatic rings. The van der Waals surface area contributed by atoms with Gasteiger partial charge in [0.15, 0.2) is 0 Å². The fourth-order valence-corrected chi connectivity index (χ4v) is 4.37. The summed E-state index contributed by atoms with van der Waals surface area (Å²) in [6.07, 6.45) is 3.67. The van der Waals surface area contributed by atoms with Gasteiger partial charge in [0.05, 0.1) is 0 Å². The summed E-state index contributed by atoms with van der Waals surface area (Å²) in [5.41, 5.74) is 1.15. The number of hydrogen-bond donors (Lipinski definition) is 1. The monoisotopic (exact) mass is 317 g/mol. The van der Waals surface area contributed by atoms with Crippen molar-refractivity contribution < 1.29 is 0 Å². The van der Waals surface area contributed by atoms with Crippen LogP contribution in [0.1, 0.15) is 44.7 Å². The summed E-state index contributed by atoms with van der Waals surface area (Å²) >= 11 is 14.3. The molecule has 0 radical (unpaired) electrons. The highest BCUT2D eigenvalue weighted by molar-refractivity contribution is 8.00. The number of thioether (sulfide) groups is 1. The Morgan fingerprint density at radius 3 is 2.79 bits per heavy atom. The predicted octanol–water partition coefficient (Wildman–Crippen LogP) is 5.32. The number of nitrogens with one attached hydrogen (secondary N) is 1. The molecule has 19 heavy (non-hydrogen) atoms. The van der Waals surface area contributed by atoms with Crippen molar-refractivity contribution in [3.8, 4) is 0 Å². The van der Waals surface area contributed by atoms with Crippen molar-refractivity contribution in [1.29, 1.82) is 0 Å². The minimum absolute atomic E-state index is 0.308. The largest absolute Gasteiger partial charge is 0.309 e. The average Bonchev–Trinajstić information content (AvgIpc) is 2.79. The number of halogens is 2. The van der Waals surface area contributed by atoms with E-state index < -0.39 is 0 Å². The van der Waals surface area contributed by atoms with Crippen molar-refractivity contribution in [2.45, 2.75) is 43.9 Å². The van der Waals surface area contributed by atoms with E-state index in [0.717, 1.165) is 23.6 Å². The van der Waals surface area contributed by atoms with E-state index in [1.54, 1.807) is 0 Å². The summed E-state index contributed by atoms with van der Waals surface area (Å²) in [5, 5.41) is 5.14. The van der Waals surface area contributed by atoms with Gasteiger partial charge < -0.3 is 5.32 Å². The SMILES string of the molecule is CCC(NCC1(C)CCCS1)c1ccc(Cl)cc1Cl. The van der Waals surface area contributed by atoms with Gasteiger partial charge in [-0.1, -0.05) is 36.2 Å². The van der Waals surface area contributed by atoms with Gasteiger partial charge in [0.1, 0.15) is 0 Å². The third-order valence-electron chi connectivity index (χ3n) is 3.77. The zero-order chi connectivity index (χ0) is 13.9. The molecule has 0 aliphatic carbocycles. The zero-order valence-electron chi connectivity index (χ0n) is 11.5. The van der Waals surface area contributed by atoms with E-state index in [2.05, 4.69) is 30.9 Å². The van der Waals surface area contributed by atoms with Crippen LogP contribution in [-0.2, 0) is 0 Å². The highest BCUT2D eigenvalue weighted by atomic mass is 35.5. The summed E-state index contributed by atoms with van der Waals surface area (Å²) in [4.78, 5) is 0. The van der Waals surface area contributed by atoms with Crippen molar-refractivity contribution >= 4 is 35.0 Å². The highest BCUT2D eigenvalue weighted by Crippen LogP contribution is 2.38. The summed E-state index contributed by atoms with van der Waals surface area (Å²) in [5.74, 6) is 1.29. The zero-order valence-corrected chi connectivity index (χ0v) is 13.8. The second-order valence-corrected chi connectivity index (χ2v) is 7.94. The van der Waals surface area contributed by atoms with Gasteiger partial charge in [0.2, 0.25) is 0 Å². The third kappa shape index (κ3) is 4.04. The minimum atomic E-state index is 0.308. The van der Waals surface area contributed by atoms with Crippen LogP contribution in [0.25, 0.3) is 0 Å². The number of hydrogen-bond acceptors (Lipinski definition) is 2. The first kappa shape index (κ1) is 15.5. The second-order valence-electron chi connectivity index (χ2n) is 5.41. The topological polar surface area (TPSA) is 12.0 Å². The Hall–Kier alpha value is 0.110. The van der Waals surface area contributed by atoms with Crippen LogP contribution in [0.2, 0.25) is 10.0 Å². The maximum absolute atomic E-state index is 6.30. The van der Waals surface area contributed by atoms with Gasteiger partial charge in [0, 0.05) is 27.4 Å². The van der Waals surface area contributed by atoms with Gasteiger partial charge >= 0.3 is 0 Å². The Morgan fingerprint density at radius 2 is 2.21 bits per heavy atom. The fourth-order valence-electron chi connectivity index (χ4n) is 2.57. The molecule has 1 aliphatic heterocycles.